The Morgan fingerprint density at radius 1 is 1.26 bits per heavy atom. The van der Waals surface area contributed by atoms with Crippen LogP contribution in [-0.2, 0) is 4.79 Å². The number of thioether (sulfide) groups is 1. The maximum absolute atomic E-state index is 13.6. The number of amides is 1. The molecule has 138 valence electrons. The summed E-state index contributed by atoms with van der Waals surface area (Å²) in [4.78, 5) is 22.9. The van der Waals surface area contributed by atoms with E-state index < -0.39 is 4.92 Å². The summed E-state index contributed by atoms with van der Waals surface area (Å²) in [5.74, 6) is -0.223. The summed E-state index contributed by atoms with van der Waals surface area (Å²) in [5.41, 5.74) is 1.21. The Kier molecular flexibility index (Phi) is 5.51. The number of nitro groups is 1. The van der Waals surface area contributed by atoms with E-state index in [1.807, 2.05) is 0 Å². The van der Waals surface area contributed by atoms with Crippen LogP contribution in [0.4, 0.5) is 15.9 Å². The lowest BCUT2D eigenvalue weighted by Gasteiger charge is -2.09. The van der Waals surface area contributed by atoms with Crippen LogP contribution in [0.5, 0.6) is 0 Å². The van der Waals surface area contributed by atoms with Gasteiger partial charge in [-0.1, -0.05) is 12.1 Å². The normalized spacial score (nSPS) is 10.6. The summed E-state index contributed by atoms with van der Waals surface area (Å²) >= 11 is 1.10. The number of benzene rings is 2. The number of rotatable bonds is 6. The number of nitrogens with zero attached hydrogens (tertiary/aromatic N) is 3. The van der Waals surface area contributed by atoms with Crippen molar-refractivity contribution in [2.75, 3.05) is 11.1 Å². The number of carbonyl (C=O) groups excluding carboxylic acids is 1. The molecule has 0 atom stereocenters. The molecule has 3 rings (SSSR count). The third kappa shape index (κ3) is 4.50. The second-order valence-corrected chi connectivity index (χ2v) is 6.64. The number of non-ortho nitro benzene ring substituents is 1. The smallest absolute Gasteiger partial charge is 0.269 e. The highest BCUT2D eigenvalue weighted by atomic mass is 32.2. The van der Waals surface area contributed by atoms with Crippen LogP contribution in [0.1, 0.15) is 5.69 Å². The first-order valence-corrected chi connectivity index (χ1v) is 8.91. The molecule has 0 fully saturated rings. The zero-order valence-electron chi connectivity index (χ0n) is 14.3. The molecule has 0 bridgehead atoms. The van der Waals surface area contributed by atoms with Crippen LogP contribution < -0.4 is 5.32 Å². The lowest BCUT2D eigenvalue weighted by Crippen LogP contribution is -2.17. The lowest BCUT2D eigenvalue weighted by atomic mass is 10.3. The molecule has 3 aromatic rings. The average Bonchev–Trinajstić information content (AvgIpc) is 3.01. The molecule has 0 saturated carbocycles. The molecule has 9 heteroatoms. The van der Waals surface area contributed by atoms with Gasteiger partial charge >= 0.3 is 0 Å². The second-order valence-electron chi connectivity index (χ2n) is 5.62. The first kappa shape index (κ1) is 18.6. The van der Waals surface area contributed by atoms with Crippen LogP contribution in [0.2, 0.25) is 0 Å². The molecule has 1 aromatic heterocycles. The monoisotopic (exact) mass is 386 g/mol. The minimum absolute atomic E-state index is 0.0329. The van der Waals surface area contributed by atoms with Crippen LogP contribution in [0.15, 0.2) is 59.5 Å². The van der Waals surface area contributed by atoms with E-state index >= 15 is 0 Å². The number of aromatic nitrogens is 2. The quantitative estimate of drug-likeness (QED) is 0.393. The summed E-state index contributed by atoms with van der Waals surface area (Å²) < 4.78 is 15.1. The van der Waals surface area contributed by atoms with Crippen molar-refractivity contribution in [3.05, 3.63) is 76.2 Å². The van der Waals surface area contributed by atoms with Gasteiger partial charge in [-0.25, -0.2) is 9.07 Å². The molecule has 0 saturated heterocycles. The molecular formula is C18H15FN4O3S. The van der Waals surface area contributed by atoms with Gasteiger partial charge in [-0.05, 0) is 31.2 Å². The summed E-state index contributed by atoms with van der Waals surface area (Å²) in [6.07, 6.45) is 0. The highest BCUT2D eigenvalue weighted by Crippen LogP contribution is 2.23. The number of hydrogen-bond donors (Lipinski definition) is 1. The molecule has 1 N–H and O–H groups in total. The SMILES string of the molecule is Cc1cc(NC(=O)CSc2ccccc2F)n(-c2ccc([N+](=O)[O-])cc2)n1. The Morgan fingerprint density at radius 2 is 1.96 bits per heavy atom. The number of anilines is 1. The summed E-state index contributed by atoms with van der Waals surface area (Å²) in [5, 5.41) is 17.8. The molecular weight excluding hydrogens is 371 g/mol. The van der Waals surface area contributed by atoms with Crippen LogP contribution in [0.3, 0.4) is 0 Å². The highest BCUT2D eigenvalue weighted by molar-refractivity contribution is 8.00. The van der Waals surface area contributed by atoms with E-state index in [1.54, 1.807) is 43.3 Å². The first-order valence-electron chi connectivity index (χ1n) is 7.93. The van der Waals surface area contributed by atoms with Gasteiger partial charge in [0.25, 0.3) is 5.69 Å². The van der Waals surface area contributed by atoms with Gasteiger partial charge in [0, 0.05) is 23.1 Å². The molecule has 1 heterocycles. The molecule has 27 heavy (non-hydrogen) atoms. The molecule has 0 spiro atoms. The van der Waals surface area contributed by atoms with E-state index in [0.29, 0.717) is 22.1 Å². The van der Waals surface area contributed by atoms with Crippen molar-refractivity contribution >= 4 is 29.2 Å². The minimum atomic E-state index is -0.485. The maximum atomic E-state index is 13.6. The van der Waals surface area contributed by atoms with Crippen molar-refractivity contribution in [2.24, 2.45) is 0 Å². The summed E-state index contributed by atoms with van der Waals surface area (Å²) in [7, 11) is 0. The van der Waals surface area contributed by atoms with Gasteiger partial charge in [0.2, 0.25) is 5.91 Å². The van der Waals surface area contributed by atoms with Crippen molar-refractivity contribution in [1.82, 2.24) is 9.78 Å². The van der Waals surface area contributed by atoms with Gasteiger partial charge in [0.1, 0.15) is 11.6 Å². The van der Waals surface area contributed by atoms with Crippen LogP contribution in [0, 0.1) is 22.9 Å². The van der Waals surface area contributed by atoms with Crippen LogP contribution in [0.25, 0.3) is 5.69 Å². The summed E-state index contributed by atoms with van der Waals surface area (Å²) in [6.45, 7) is 1.77. The topological polar surface area (TPSA) is 90.1 Å². The minimum Gasteiger partial charge on any atom is -0.310 e. The fourth-order valence-corrected chi connectivity index (χ4v) is 3.12. The van der Waals surface area contributed by atoms with E-state index in [0.717, 1.165) is 11.8 Å². The van der Waals surface area contributed by atoms with Crippen molar-refractivity contribution in [2.45, 2.75) is 11.8 Å². The molecule has 7 nitrogen and oxygen atoms in total. The van der Waals surface area contributed by atoms with E-state index in [4.69, 9.17) is 0 Å². The van der Waals surface area contributed by atoms with Crippen molar-refractivity contribution in [3.8, 4) is 5.69 Å². The first-order chi connectivity index (χ1) is 12.9. The lowest BCUT2D eigenvalue weighted by molar-refractivity contribution is -0.384. The number of halogens is 1. The summed E-state index contributed by atoms with van der Waals surface area (Å²) in [6, 6.07) is 13.8. The Labute approximate surface area is 158 Å². The standard InChI is InChI=1S/C18H15FN4O3S/c1-12-10-17(20-18(24)11-27-16-5-3-2-4-15(16)19)22(21-12)13-6-8-14(9-7-13)23(25)26/h2-10H,11H2,1H3,(H,20,24). The highest BCUT2D eigenvalue weighted by Gasteiger charge is 2.13. The zero-order valence-corrected chi connectivity index (χ0v) is 15.1. The largest absolute Gasteiger partial charge is 0.310 e. The van der Waals surface area contributed by atoms with E-state index in [2.05, 4.69) is 10.4 Å². The Balaban J connectivity index is 1.73. The number of hydrogen-bond acceptors (Lipinski definition) is 5. The fraction of sp³-hybridized carbons (Fsp3) is 0.111. The molecule has 0 unspecified atom stereocenters. The number of nitrogens with one attached hydrogen (secondary N) is 1. The van der Waals surface area contributed by atoms with Gasteiger partial charge in [0.05, 0.1) is 22.1 Å². The average molecular weight is 386 g/mol. The number of aryl methyl sites for hydroxylation is 1. The Morgan fingerprint density at radius 3 is 2.63 bits per heavy atom. The van der Waals surface area contributed by atoms with E-state index in [1.165, 1.54) is 22.9 Å². The third-order valence-corrected chi connectivity index (χ3v) is 4.65. The third-order valence-electron chi connectivity index (χ3n) is 3.60. The van der Waals surface area contributed by atoms with Crippen LogP contribution >= 0.6 is 11.8 Å². The molecule has 2 aromatic carbocycles. The van der Waals surface area contributed by atoms with E-state index in [9.17, 15) is 19.3 Å². The Hall–Kier alpha value is -3.20. The van der Waals surface area contributed by atoms with Gasteiger partial charge in [-0.3, -0.25) is 14.9 Å². The zero-order chi connectivity index (χ0) is 19.4. The number of carbonyl (C=O) groups is 1. The van der Waals surface area contributed by atoms with Gasteiger partial charge < -0.3 is 5.32 Å². The maximum Gasteiger partial charge on any atom is 0.269 e. The van der Waals surface area contributed by atoms with Crippen molar-refractivity contribution < 1.29 is 14.1 Å². The predicted octanol–water partition coefficient (Wildman–Crippen LogP) is 3.96. The van der Waals surface area contributed by atoms with Crippen molar-refractivity contribution in [3.63, 3.8) is 0 Å². The van der Waals surface area contributed by atoms with E-state index in [-0.39, 0.29) is 23.2 Å². The molecule has 0 radical (unpaired) electrons. The molecule has 0 aliphatic carbocycles. The van der Waals surface area contributed by atoms with Gasteiger partial charge in [0.15, 0.2) is 0 Å². The molecule has 0 aliphatic rings. The fourth-order valence-electron chi connectivity index (χ4n) is 2.38. The Bertz CT molecular complexity index is 989. The van der Waals surface area contributed by atoms with Gasteiger partial charge in [-0.15, -0.1) is 11.8 Å². The number of nitro benzene ring substituents is 1. The van der Waals surface area contributed by atoms with Crippen molar-refractivity contribution in [1.29, 1.82) is 0 Å². The molecule has 0 aliphatic heterocycles. The van der Waals surface area contributed by atoms with Crippen LogP contribution in [-0.4, -0.2) is 26.4 Å². The predicted molar refractivity (Wildman–Crippen MR) is 101 cm³/mol. The second kappa shape index (κ2) is 8.00. The molecule has 1 amide bonds. The van der Waals surface area contributed by atoms with Gasteiger partial charge in [-0.2, -0.15) is 5.10 Å².